The quantitative estimate of drug-likeness (QED) is 0.560. The van der Waals surface area contributed by atoms with Crippen molar-refractivity contribution in [3.05, 3.63) is 0 Å². The van der Waals surface area contributed by atoms with Crippen LogP contribution in [0.15, 0.2) is 0 Å². The fraction of sp³-hybridized carbons (Fsp3) is 1.00. The number of rotatable bonds is 6. The Morgan fingerprint density at radius 2 is 1.67 bits per heavy atom. The van der Waals surface area contributed by atoms with E-state index in [1.807, 2.05) is 0 Å². The summed E-state index contributed by atoms with van der Waals surface area (Å²) in [6, 6.07) is 0. The maximum absolute atomic E-state index is 2.50. The van der Waals surface area contributed by atoms with Crippen molar-refractivity contribution in [3.63, 3.8) is 0 Å². The van der Waals surface area contributed by atoms with Crippen molar-refractivity contribution < 1.29 is 0 Å². The lowest BCUT2D eigenvalue weighted by Crippen LogP contribution is -2.17. The zero-order chi connectivity index (χ0) is 11.3. The van der Waals surface area contributed by atoms with Crippen LogP contribution in [-0.2, 0) is 0 Å². The van der Waals surface area contributed by atoms with Crippen LogP contribution in [0.4, 0.5) is 0 Å². The lowest BCUT2D eigenvalue weighted by molar-refractivity contribution is 0.236. The van der Waals surface area contributed by atoms with Gasteiger partial charge in [0.05, 0.1) is 0 Å². The Morgan fingerprint density at radius 1 is 1.07 bits per heavy atom. The van der Waals surface area contributed by atoms with Crippen molar-refractivity contribution in [2.75, 3.05) is 0 Å². The number of hydrogen-bond acceptors (Lipinski definition) is 0. The molecule has 0 radical (unpaired) electrons. The monoisotopic (exact) mass is 210 g/mol. The molecule has 2 atom stereocenters. The molecular formula is C15H30. The van der Waals surface area contributed by atoms with Crippen LogP contribution < -0.4 is 0 Å². The van der Waals surface area contributed by atoms with Crippen molar-refractivity contribution in [3.8, 4) is 0 Å². The Morgan fingerprint density at radius 3 is 2.13 bits per heavy atom. The molecule has 0 amide bonds. The highest BCUT2D eigenvalue weighted by Gasteiger charge is 2.24. The molecule has 1 fully saturated rings. The van der Waals surface area contributed by atoms with E-state index in [9.17, 15) is 0 Å². The molecule has 0 nitrogen and oxygen atoms in total. The third kappa shape index (κ3) is 4.17. The molecule has 1 aliphatic rings. The van der Waals surface area contributed by atoms with Gasteiger partial charge in [0, 0.05) is 0 Å². The van der Waals surface area contributed by atoms with Crippen molar-refractivity contribution in [1.82, 2.24) is 0 Å². The van der Waals surface area contributed by atoms with Crippen molar-refractivity contribution >= 4 is 0 Å². The molecular weight excluding hydrogens is 180 g/mol. The summed E-state index contributed by atoms with van der Waals surface area (Å²) < 4.78 is 0. The first-order chi connectivity index (χ1) is 7.15. The summed E-state index contributed by atoms with van der Waals surface area (Å²) in [6.07, 6.45) is 10.3. The van der Waals surface area contributed by atoms with Gasteiger partial charge in [0.15, 0.2) is 0 Å². The van der Waals surface area contributed by atoms with Gasteiger partial charge in [0.25, 0.3) is 0 Å². The minimum atomic E-state index is 0.883. The van der Waals surface area contributed by atoms with Gasteiger partial charge in [-0.3, -0.25) is 0 Å². The first-order valence-electron chi connectivity index (χ1n) is 7.15. The standard InChI is InChI=1S/C15H30/c1-5-8-15(12(2)3)11-13(4)14-9-6-7-10-14/h12-15H,5-11H2,1-4H3/t13-,15?/m1/s1. The second-order valence-electron chi connectivity index (χ2n) is 6.05. The van der Waals surface area contributed by atoms with E-state index < -0.39 is 0 Å². The molecule has 15 heavy (non-hydrogen) atoms. The predicted molar refractivity (Wildman–Crippen MR) is 69.0 cm³/mol. The Hall–Kier alpha value is 0. The van der Waals surface area contributed by atoms with Crippen molar-refractivity contribution in [2.45, 2.75) is 72.6 Å². The molecule has 0 heterocycles. The number of hydrogen-bond donors (Lipinski definition) is 0. The molecule has 0 N–H and O–H groups in total. The van der Waals surface area contributed by atoms with Crippen LogP contribution in [0.2, 0.25) is 0 Å². The normalized spacial score (nSPS) is 22.2. The topological polar surface area (TPSA) is 0 Å². The zero-order valence-corrected chi connectivity index (χ0v) is 11.3. The molecule has 0 aromatic rings. The second-order valence-corrected chi connectivity index (χ2v) is 6.05. The molecule has 90 valence electrons. The summed E-state index contributed by atoms with van der Waals surface area (Å²) in [5, 5.41) is 0. The molecule has 1 saturated carbocycles. The summed E-state index contributed by atoms with van der Waals surface area (Å²) in [5.74, 6) is 3.90. The molecule has 0 saturated heterocycles. The maximum Gasteiger partial charge on any atom is -0.0388 e. The van der Waals surface area contributed by atoms with E-state index in [0.29, 0.717) is 0 Å². The van der Waals surface area contributed by atoms with Crippen LogP contribution in [0.25, 0.3) is 0 Å². The van der Waals surface area contributed by atoms with Gasteiger partial charge in [-0.05, 0) is 30.1 Å². The van der Waals surface area contributed by atoms with Crippen LogP contribution in [0.5, 0.6) is 0 Å². The lowest BCUT2D eigenvalue weighted by atomic mass is 9.79. The van der Waals surface area contributed by atoms with Crippen molar-refractivity contribution in [1.29, 1.82) is 0 Å². The first kappa shape index (κ1) is 13.1. The molecule has 0 spiro atoms. The Bertz CT molecular complexity index is 153. The third-order valence-corrected chi connectivity index (χ3v) is 4.48. The van der Waals surface area contributed by atoms with Crippen LogP contribution in [-0.4, -0.2) is 0 Å². The van der Waals surface area contributed by atoms with Gasteiger partial charge in [-0.1, -0.05) is 66.2 Å². The SMILES string of the molecule is CCCC(C[C@@H](C)C1CCCC1)C(C)C. The van der Waals surface area contributed by atoms with E-state index in [1.54, 1.807) is 0 Å². The van der Waals surface area contributed by atoms with Crippen LogP contribution in [0.1, 0.15) is 72.6 Å². The van der Waals surface area contributed by atoms with Crippen LogP contribution >= 0.6 is 0 Å². The summed E-state index contributed by atoms with van der Waals surface area (Å²) >= 11 is 0. The summed E-state index contributed by atoms with van der Waals surface area (Å²) in [4.78, 5) is 0. The highest BCUT2D eigenvalue weighted by Crippen LogP contribution is 2.36. The summed E-state index contributed by atoms with van der Waals surface area (Å²) in [7, 11) is 0. The molecule has 1 aliphatic carbocycles. The maximum atomic E-state index is 2.50. The van der Waals surface area contributed by atoms with Crippen LogP contribution in [0.3, 0.4) is 0 Å². The lowest BCUT2D eigenvalue weighted by Gasteiger charge is -2.27. The van der Waals surface area contributed by atoms with Gasteiger partial charge in [-0.2, -0.15) is 0 Å². The van der Waals surface area contributed by atoms with E-state index in [1.165, 1.54) is 44.9 Å². The van der Waals surface area contributed by atoms with Gasteiger partial charge in [-0.15, -0.1) is 0 Å². The molecule has 0 heteroatoms. The van der Waals surface area contributed by atoms with E-state index in [0.717, 1.165) is 23.7 Å². The average molecular weight is 210 g/mol. The highest BCUT2D eigenvalue weighted by atomic mass is 14.3. The second kappa shape index (κ2) is 6.55. The summed E-state index contributed by atoms with van der Waals surface area (Å²) in [6.45, 7) is 9.64. The largest absolute Gasteiger partial charge is 0.0654 e. The van der Waals surface area contributed by atoms with E-state index in [2.05, 4.69) is 27.7 Å². The fourth-order valence-electron chi connectivity index (χ4n) is 3.29. The Balaban J connectivity index is 2.35. The molecule has 1 unspecified atom stereocenters. The fourth-order valence-corrected chi connectivity index (χ4v) is 3.29. The smallest absolute Gasteiger partial charge is 0.0388 e. The van der Waals surface area contributed by atoms with Gasteiger partial charge >= 0.3 is 0 Å². The molecule has 0 aliphatic heterocycles. The average Bonchev–Trinajstić information content (AvgIpc) is 2.69. The van der Waals surface area contributed by atoms with E-state index in [-0.39, 0.29) is 0 Å². The third-order valence-electron chi connectivity index (χ3n) is 4.48. The highest BCUT2D eigenvalue weighted by molar-refractivity contribution is 4.76. The van der Waals surface area contributed by atoms with Gasteiger partial charge in [0.1, 0.15) is 0 Å². The molecule has 1 rings (SSSR count). The Kier molecular flexibility index (Phi) is 5.71. The van der Waals surface area contributed by atoms with Gasteiger partial charge in [-0.25, -0.2) is 0 Å². The van der Waals surface area contributed by atoms with Crippen LogP contribution in [0, 0.1) is 23.7 Å². The zero-order valence-electron chi connectivity index (χ0n) is 11.3. The summed E-state index contributed by atoms with van der Waals surface area (Å²) in [5.41, 5.74) is 0. The van der Waals surface area contributed by atoms with Gasteiger partial charge in [0.2, 0.25) is 0 Å². The van der Waals surface area contributed by atoms with Crippen molar-refractivity contribution in [2.24, 2.45) is 23.7 Å². The van der Waals surface area contributed by atoms with E-state index >= 15 is 0 Å². The minimum absolute atomic E-state index is 0.883. The van der Waals surface area contributed by atoms with E-state index in [4.69, 9.17) is 0 Å². The van der Waals surface area contributed by atoms with Gasteiger partial charge < -0.3 is 0 Å². The molecule has 0 bridgehead atoms. The molecule has 0 aromatic heterocycles. The minimum Gasteiger partial charge on any atom is -0.0654 e. The first-order valence-corrected chi connectivity index (χ1v) is 7.15. The predicted octanol–water partition coefficient (Wildman–Crippen LogP) is 5.28. The molecule has 0 aromatic carbocycles. The Labute approximate surface area is 96.8 Å².